The van der Waals surface area contributed by atoms with Crippen molar-refractivity contribution < 1.29 is 12.9 Å². The molecule has 0 spiro atoms. The van der Waals surface area contributed by atoms with Crippen LogP contribution in [0.4, 0.5) is 0 Å². The van der Waals surface area contributed by atoms with Crippen molar-refractivity contribution in [2.45, 2.75) is 18.6 Å². The van der Waals surface area contributed by atoms with Crippen LogP contribution in [0.25, 0.3) is 0 Å². The molecule has 0 bridgehead atoms. The van der Waals surface area contributed by atoms with Gasteiger partial charge >= 0.3 is 0 Å². The fourth-order valence-electron chi connectivity index (χ4n) is 3.24. The van der Waals surface area contributed by atoms with Crippen LogP contribution in [0.5, 0.6) is 0 Å². The van der Waals surface area contributed by atoms with Crippen molar-refractivity contribution in [2.24, 2.45) is 4.99 Å². The summed E-state index contributed by atoms with van der Waals surface area (Å²) in [5.41, 5.74) is 1.75. The smallest absolute Gasteiger partial charge is 0.220 e. The van der Waals surface area contributed by atoms with Gasteiger partial charge in [0.25, 0.3) is 0 Å². The molecule has 1 fully saturated rings. The number of halogens is 1. The molecule has 2 heterocycles. The van der Waals surface area contributed by atoms with Gasteiger partial charge in [0, 0.05) is 45.8 Å². The van der Waals surface area contributed by atoms with Gasteiger partial charge in [-0.2, -0.15) is 4.31 Å². The van der Waals surface area contributed by atoms with Crippen LogP contribution >= 0.6 is 24.0 Å². The third-order valence-electron chi connectivity index (χ3n) is 4.73. The Hall–Kier alpha value is -1.66. The molecule has 0 saturated carbocycles. The van der Waals surface area contributed by atoms with Gasteiger partial charge in [-0.15, -0.1) is 24.0 Å². The molecule has 0 amide bonds. The van der Waals surface area contributed by atoms with Gasteiger partial charge in [-0.25, -0.2) is 8.42 Å². The van der Waals surface area contributed by atoms with Crippen molar-refractivity contribution >= 4 is 40.0 Å². The standard InChI is InChI=1S/C19H27N5O3S.HI/c1-20-19(21-10-5-8-17-6-3-2-4-7-17)23-11-13-24(14-12-23)28(25,26)16-18-9-15-27-22-18;/h2-4,6-7,9,15H,5,8,10-14,16H2,1H3,(H,20,21);1H. The SMILES string of the molecule is CN=C(NCCCc1ccccc1)N1CCN(S(=O)(=O)Cc2ccon2)CC1.I. The molecule has 1 aliphatic rings. The van der Waals surface area contributed by atoms with Crippen molar-refractivity contribution in [2.75, 3.05) is 39.8 Å². The Kier molecular flexibility index (Phi) is 9.37. The molecule has 0 unspecified atom stereocenters. The Labute approximate surface area is 189 Å². The summed E-state index contributed by atoms with van der Waals surface area (Å²) < 4.78 is 31.3. The number of piperazine rings is 1. The molecule has 3 rings (SSSR count). The van der Waals surface area contributed by atoms with Crippen LogP contribution in [-0.2, 0) is 22.2 Å². The average molecular weight is 533 g/mol. The first kappa shape index (κ1) is 23.6. The summed E-state index contributed by atoms with van der Waals surface area (Å²) >= 11 is 0. The molecule has 1 N–H and O–H groups in total. The van der Waals surface area contributed by atoms with Crippen molar-refractivity contribution in [1.29, 1.82) is 0 Å². The zero-order valence-corrected chi connectivity index (χ0v) is 19.7. The van der Waals surface area contributed by atoms with Gasteiger partial charge in [-0.3, -0.25) is 4.99 Å². The van der Waals surface area contributed by atoms with E-state index in [0.29, 0.717) is 31.9 Å². The first-order chi connectivity index (χ1) is 13.6. The molecule has 2 aromatic rings. The van der Waals surface area contributed by atoms with Crippen LogP contribution in [-0.4, -0.2) is 68.5 Å². The monoisotopic (exact) mass is 533 g/mol. The third-order valence-corrected chi connectivity index (χ3v) is 6.55. The summed E-state index contributed by atoms with van der Waals surface area (Å²) in [5.74, 6) is 0.692. The Bertz CT molecular complexity index is 851. The largest absolute Gasteiger partial charge is 0.364 e. The Morgan fingerprint density at radius 3 is 2.52 bits per heavy atom. The number of aliphatic imine (C=N–C) groups is 1. The first-order valence-electron chi connectivity index (χ1n) is 9.45. The summed E-state index contributed by atoms with van der Waals surface area (Å²) in [5, 5.41) is 7.08. The van der Waals surface area contributed by atoms with Gasteiger partial charge in [-0.05, 0) is 18.4 Å². The summed E-state index contributed by atoms with van der Waals surface area (Å²) in [6, 6.07) is 12.0. The molecule has 1 aromatic carbocycles. The van der Waals surface area contributed by atoms with E-state index in [9.17, 15) is 8.42 Å². The number of nitrogens with one attached hydrogen (secondary N) is 1. The Balaban J connectivity index is 0.00000300. The maximum Gasteiger partial charge on any atom is 0.220 e. The van der Waals surface area contributed by atoms with Gasteiger partial charge in [-0.1, -0.05) is 35.5 Å². The van der Waals surface area contributed by atoms with Gasteiger partial charge < -0.3 is 14.7 Å². The van der Waals surface area contributed by atoms with Gasteiger partial charge in [0.05, 0.1) is 5.69 Å². The normalized spacial score (nSPS) is 15.8. The Morgan fingerprint density at radius 1 is 1.17 bits per heavy atom. The molecule has 1 aromatic heterocycles. The van der Waals surface area contributed by atoms with Crippen LogP contribution < -0.4 is 5.32 Å². The molecule has 29 heavy (non-hydrogen) atoms. The number of guanidine groups is 1. The molecule has 1 aliphatic heterocycles. The van der Waals surface area contributed by atoms with E-state index in [1.165, 1.54) is 16.1 Å². The number of nitrogens with zero attached hydrogens (tertiary/aromatic N) is 4. The number of hydrogen-bond donors (Lipinski definition) is 1. The lowest BCUT2D eigenvalue weighted by molar-refractivity contribution is 0.260. The van der Waals surface area contributed by atoms with E-state index in [2.05, 4.69) is 44.6 Å². The van der Waals surface area contributed by atoms with E-state index in [1.54, 1.807) is 13.1 Å². The van der Waals surface area contributed by atoms with Gasteiger partial charge in [0.15, 0.2) is 5.96 Å². The number of benzene rings is 1. The minimum atomic E-state index is -3.39. The molecule has 0 aliphatic carbocycles. The number of sulfonamides is 1. The summed E-state index contributed by atoms with van der Waals surface area (Å²) in [7, 11) is -1.63. The number of hydrogen-bond acceptors (Lipinski definition) is 5. The second kappa shape index (κ2) is 11.5. The zero-order chi connectivity index (χ0) is 19.8. The van der Waals surface area contributed by atoms with Crippen molar-refractivity contribution in [3.05, 3.63) is 53.9 Å². The highest BCUT2D eigenvalue weighted by molar-refractivity contribution is 14.0. The minimum absolute atomic E-state index is 0. The number of aryl methyl sites for hydroxylation is 1. The van der Waals surface area contributed by atoms with Crippen LogP contribution in [0.2, 0.25) is 0 Å². The molecule has 160 valence electrons. The first-order valence-corrected chi connectivity index (χ1v) is 11.1. The van der Waals surface area contributed by atoms with E-state index in [0.717, 1.165) is 25.3 Å². The number of rotatable bonds is 7. The predicted octanol–water partition coefficient (Wildman–Crippen LogP) is 1.95. The molecule has 0 atom stereocenters. The quantitative estimate of drug-likeness (QED) is 0.253. The third kappa shape index (κ3) is 6.96. The fourth-order valence-corrected chi connectivity index (χ4v) is 4.66. The zero-order valence-electron chi connectivity index (χ0n) is 16.5. The van der Waals surface area contributed by atoms with Crippen LogP contribution in [0.1, 0.15) is 17.7 Å². The summed E-state index contributed by atoms with van der Waals surface area (Å²) in [6.45, 7) is 2.91. The van der Waals surface area contributed by atoms with Crippen molar-refractivity contribution in [3.63, 3.8) is 0 Å². The molecule has 10 heteroatoms. The highest BCUT2D eigenvalue weighted by atomic mass is 127. The predicted molar refractivity (Wildman–Crippen MR) is 124 cm³/mol. The van der Waals surface area contributed by atoms with Crippen LogP contribution in [0.15, 0.2) is 52.2 Å². The van der Waals surface area contributed by atoms with Crippen molar-refractivity contribution in [3.8, 4) is 0 Å². The van der Waals surface area contributed by atoms with E-state index in [4.69, 9.17) is 4.52 Å². The van der Waals surface area contributed by atoms with E-state index in [-0.39, 0.29) is 29.7 Å². The summed E-state index contributed by atoms with van der Waals surface area (Å²) in [4.78, 5) is 6.45. The highest BCUT2D eigenvalue weighted by Gasteiger charge is 2.28. The molecular formula is C19H28IN5O3S. The summed E-state index contributed by atoms with van der Waals surface area (Å²) in [6.07, 6.45) is 3.41. The fraction of sp³-hybridized carbons (Fsp3) is 0.474. The maximum absolute atomic E-state index is 12.5. The topological polar surface area (TPSA) is 91.0 Å². The van der Waals surface area contributed by atoms with Crippen LogP contribution in [0, 0.1) is 0 Å². The second-order valence-corrected chi connectivity index (χ2v) is 8.67. The van der Waals surface area contributed by atoms with Gasteiger partial charge in [0.2, 0.25) is 10.0 Å². The van der Waals surface area contributed by atoms with Gasteiger partial charge in [0.1, 0.15) is 12.0 Å². The Morgan fingerprint density at radius 2 is 1.90 bits per heavy atom. The second-order valence-electron chi connectivity index (χ2n) is 6.70. The van der Waals surface area contributed by atoms with E-state index < -0.39 is 10.0 Å². The van der Waals surface area contributed by atoms with Crippen LogP contribution in [0.3, 0.4) is 0 Å². The maximum atomic E-state index is 12.5. The molecule has 8 nitrogen and oxygen atoms in total. The van der Waals surface area contributed by atoms with Crippen molar-refractivity contribution in [1.82, 2.24) is 19.7 Å². The highest BCUT2D eigenvalue weighted by Crippen LogP contribution is 2.13. The molecular weight excluding hydrogens is 505 g/mol. The minimum Gasteiger partial charge on any atom is -0.364 e. The average Bonchev–Trinajstić information content (AvgIpc) is 3.21. The van der Waals surface area contributed by atoms with E-state index >= 15 is 0 Å². The lowest BCUT2D eigenvalue weighted by atomic mass is 10.1. The molecule has 0 radical (unpaired) electrons. The van der Waals surface area contributed by atoms with E-state index in [1.807, 2.05) is 6.07 Å². The molecule has 1 saturated heterocycles. The number of aromatic nitrogens is 1. The lowest BCUT2D eigenvalue weighted by Crippen LogP contribution is -2.54. The lowest BCUT2D eigenvalue weighted by Gasteiger charge is -2.35.